The number of nitrogens with zero attached hydrogens (tertiary/aromatic N) is 1. The Hall–Kier alpha value is -1.35. The SMILES string of the molecule is COCCN(CC(C)C)C(=O)Cc1ccccc1C. The van der Waals surface area contributed by atoms with Crippen molar-refractivity contribution in [2.45, 2.75) is 27.2 Å². The van der Waals surface area contributed by atoms with Crippen LogP contribution in [0.15, 0.2) is 24.3 Å². The zero-order valence-corrected chi connectivity index (χ0v) is 12.5. The summed E-state index contributed by atoms with van der Waals surface area (Å²) in [5.74, 6) is 0.651. The fourth-order valence-electron chi connectivity index (χ4n) is 2.04. The van der Waals surface area contributed by atoms with Gasteiger partial charge in [0, 0.05) is 20.2 Å². The molecule has 3 nitrogen and oxygen atoms in total. The molecule has 0 saturated carbocycles. The summed E-state index contributed by atoms with van der Waals surface area (Å²) in [7, 11) is 1.67. The molecule has 0 aliphatic carbocycles. The van der Waals surface area contributed by atoms with Crippen LogP contribution < -0.4 is 0 Å². The lowest BCUT2D eigenvalue weighted by Crippen LogP contribution is -2.37. The predicted molar refractivity (Wildman–Crippen MR) is 78.2 cm³/mol. The van der Waals surface area contributed by atoms with Crippen molar-refractivity contribution >= 4 is 5.91 Å². The third kappa shape index (κ3) is 5.43. The van der Waals surface area contributed by atoms with Crippen LogP contribution >= 0.6 is 0 Å². The van der Waals surface area contributed by atoms with Crippen molar-refractivity contribution in [1.82, 2.24) is 4.90 Å². The standard InChI is InChI=1S/C16H25NO2/c1-13(2)12-17(9-10-19-4)16(18)11-15-8-6-5-7-14(15)3/h5-8,13H,9-12H2,1-4H3. The summed E-state index contributed by atoms with van der Waals surface area (Å²) in [6, 6.07) is 8.05. The average molecular weight is 263 g/mol. The molecule has 0 heterocycles. The van der Waals surface area contributed by atoms with E-state index in [4.69, 9.17) is 4.74 Å². The quantitative estimate of drug-likeness (QED) is 0.757. The smallest absolute Gasteiger partial charge is 0.227 e. The van der Waals surface area contributed by atoms with Crippen LogP contribution in [0.3, 0.4) is 0 Å². The summed E-state index contributed by atoms with van der Waals surface area (Å²) >= 11 is 0. The fourth-order valence-corrected chi connectivity index (χ4v) is 2.04. The third-order valence-corrected chi connectivity index (χ3v) is 3.11. The number of amides is 1. The first kappa shape index (κ1) is 15.7. The second-order valence-corrected chi connectivity index (χ2v) is 5.33. The van der Waals surface area contributed by atoms with E-state index in [0.717, 1.165) is 12.1 Å². The minimum atomic E-state index is 0.181. The number of ether oxygens (including phenoxy) is 1. The van der Waals surface area contributed by atoms with Gasteiger partial charge in [-0.15, -0.1) is 0 Å². The second-order valence-electron chi connectivity index (χ2n) is 5.33. The number of aryl methyl sites for hydroxylation is 1. The molecular formula is C16H25NO2. The van der Waals surface area contributed by atoms with Crippen LogP contribution in [0.5, 0.6) is 0 Å². The molecule has 1 amide bonds. The van der Waals surface area contributed by atoms with Gasteiger partial charge in [-0.3, -0.25) is 4.79 Å². The highest BCUT2D eigenvalue weighted by Gasteiger charge is 2.15. The first-order valence-corrected chi connectivity index (χ1v) is 6.85. The van der Waals surface area contributed by atoms with E-state index in [1.165, 1.54) is 5.56 Å². The van der Waals surface area contributed by atoms with Gasteiger partial charge in [0.15, 0.2) is 0 Å². The number of benzene rings is 1. The predicted octanol–water partition coefficient (Wildman–Crippen LogP) is 2.67. The van der Waals surface area contributed by atoms with Crippen LogP contribution in [0.1, 0.15) is 25.0 Å². The fraction of sp³-hybridized carbons (Fsp3) is 0.562. The Balaban J connectivity index is 2.68. The molecule has 19 heavy (non-hydrogen) atoms. The van der Waals surface area contributed by atoms with E-state index < -0.39 is 0 Å². The van der Waals surface area contributed by atoms with Crippen LogP contribution in [-0.2, 0) is 16.0 Å². The van der Waals surface area contributed by atoms with Gasteiger partial charge in [-0.2, -0.15) is 0 Å². The molecule has 1 rings (SSSR count). The highest BCUT2D eigenvalue weighted by Crippen LogP contribution is 2.10. The molecule has 106 valence electrons. The average Bonchev–Trinajstić information content (AvgIpc) is 2.36. The van der Waals surface area contributed by atoms with Gasteiger partial charge in [-0.25, -0.2) is 0 Å². The van der Waals surface area contributed by atoms with Gasteiger partial charge < -0.3 is 9.64 Å². The topological polar surface area (TPSA) is 29.5 Å². The molecule has 0 unspecified atom stereocenters. The molecule has 0 radical (unpaired) electrons. The van der Waals surface area contributed by atoms with Crippen molar-refractivity contribution in [3.8, 4) is 0 Å². The van der Waals surface area contributed by atoms with Crippen molar-refractivity contribution in [3.05, 3.63) is 35.4 Å². The largest absolute Gasteiger partial charge is 0.383 e. The van der Waals surface area contributed by atoms with Crippen molar-refractivity contribution in [2.75, 3.05) is 26.8 Å². The van der Waals surface area contributed by atoms with Crippen LogP contribution in [0.4, 0.5) is 0 Å². The van der Waals surface area contributed by atoms with E-state index in [-0.39, 0.29) is 5.91 Å². The van der Waals surface area contributed by atoms with E-state index in [1.807, 2.05) is 36.1 Å². The highest BCUT2D eigenvalue weighted by atomic mass is 16.5. The lowest BCUT2D eigenvalue weighted by molar-refractivity contribution is -0.131. The van der Waals surface area contributed by atoms with Crippen LogP contribution in [-0.4, -0.2) is 37.6 Å². The van der Waals surface area contributed by atoms with Gasteiger partial charge in [-0.1, -0.05) is 38.1 Å². The molecule has 0 aliphatic heterocycles. The van der Waals surface area contributed by atoms with E-state index in [1.54, 1.807) is 7.11 Å². The third-order valence-electron chi connectivity index (χ3n) is 3.11. The van der Waals surface area contributed by atoms with Gasteiger partial charge in [0.1, 0.15) is 0 Å². The Bertz CT molecular complexity index is 401. The van der Waals surface area contributed by atoms with E-state index in [0.29, 0.717) is 25.5 Å². The minimum absolute atomic E-state index is 0.181. The zero-order valence-electron chi connectivity index (χ0n) is 12.5. The highest BCUT2D eigenvalue weighted by molar-refractivity contribution is 5.79. The van der Waals surface area contributed by atoms with E-state index in [9.17, 15) is 4.79 Å². The molecule has 0 atom stereocenters. The van der Waals surface area contributed by atoms with E-state index >= 15 is 0 Å². The number of rotatable bonds is 7. The summed E-state index contributed by atoms with van der Waals surface area (Å²) < 4.78 is 5.08. The number of methoxy groups -OCH3 is 1. The number of hydrogen-bond donors (Lipinski definition) is 0. The molecule has 0 N–H and O–H groups in total. The maximum Gasteiger partial charge on any atom is 0.227 e. The molecule has 0 fully saturated rings. The molecule has 0 aliphatic rings. The lowest BCUT2D eigenvalue weighted by Gasteiger charge is -2.24. The van der Waals surface area contributed by atoms with Crippen molar-refractivity contribution in [3.63, 3.8) is 0 Å². The minimum Gasteiger partial charge on any atom is -0.383 e. The van der Waals surface area contributed by atoms with Crippen LogP contribution in [0.2, 0.25) is 0 Å². The Morgan fingerprint density at radius 3 is 2.58 bits per heavy atom. The van der Waals surface area contributed by atoms with Crippen LogP contribution in [0, 0.1) is 12.8 Å². The zero-order chi connectivity index (χ0) is 14.3. The number of hydrogen-bond acceptors (Lipinski definition) is 2. The summed E-state index contributed by atoms with van der Waals surface area (Å²) in [5.41, 5.74) is 2.28. The van der Waals surface area contributed by atoms with E-state index in [2.05, 4.69) is 13.8 Å². The van der Waals surface area contributed by atoms with Crippen molar-refractivity contribution < 1.29 is 9.53 Å². The van der Waals surface area contributed by atoms with Gasteiger partial charge in [0.05, 0.1) is 13.0 Å². The molecule has 3 heteroatoms. The first-order valence-electron chi connectivity index (χ1n) is 6.85. The molecule has 1 aromatic rings. The lowest BCUT2D eigenvalue weighted by atomic mass is 10.0. The summed E-state index contributed by atoms with van der Waals surface area (Å²) in [5, 5.41) is 0. The van der Waals surface area contributed by atoms with Crippen molar-refractivity contribution in [2.24, 2.45) is 5.92 Å². The van der Waals surface area contributed by atoms with Crippen LogP contribution in [0.25, 0.3) is 0 Å². The normalized spacial score (nSPS) is 10.8. The molecule has 0 saturated heterocycles. The Morgan fingerprint density at radius 1 is 1.32 bits per heavy atom. The molecule has 1 aromatic carbocycles. The maximum absolute atomic E-state index is 12.4. The summed E-state index contributed by atoms with van der Waals surface area (Å²) in [6.07, 6.45) is 0.475. The van der Waals surface area contributed by atoms with Gasteiger partial charge in [0.2, 0.25) is 5.91 Å². The molecule has 0 aromatic heterocycles. The van der Waals surface area contributed by atoms with Crippen molar-refractivity contribution in [1.29, 1.82) is 0 Å². The number of carbonyl (C=O) groups is 1. The first-order chi connectivity index (χ1) is 9.04. The summed E-state index contributed by atoms with van der Waals surface area (Å²) in [4.78, 5) is 14.3. The maximum atomic E-state index is 12.4. The molecule has 0 bridgehead atoms. The van der Waals surface area contributed by atoms with Gasteiger partial charge in [-0.05, 0) is 24.0 Å². The Labute approximate surface area is 116 Å². The van der Waals surface area contributed by atoms with Gasteiger partial charge >= 0.3 is 0 Å². The molecule has 0 spiro atoms. The monoisotopic (exact) mass is 263 g/mol. The second kappa shape index (κ2) is 7.95. The Kier molecular flexibility index (Phi) is 6.57. The van der Waals surface area contributed by atoms with Gasteiger partial charge in [0.25, 0.3) is 0 Å². The molecular weight excluding hydrogens is 238 g/mol. The summed E-state index contributed by atoms with van der Waals surface area (Å²) in [6.45, 7) is 8.34. The Morgan fingerprint density at radius 2 is 2.00 bits per heavy atom. The number of carbonyl (C=O) groups excluding carboxylic acids is 1.